The lowest BCUT2D eigenvalue weighted by molar-refractivity contribution is -0.196. The molecule has 1 aliphatic heterocycles. The molecule has 1 atom stereocenters. The van der Waals surface area contributed by atoms with Crippen LogP contribution in [-0.2, 0) is 4.79 Å². The van der Waals surface area contributed by atoms with Crippen molar-refractivity contribution in [2.24, 2.45) is 4.99 Å². The largest absolute Gasteiger partial charge is 0.442 e. The molecule has 8 heteroatoms. The number of nitrogens with zero attached hydrogens (tertiary/aromatic N) is 2. The summed E-state index contributed by atoms with van der Waals surface area (Å²) in [5, 5.41) is 1.84. The van der Waals surface area contributed by atoms with Gasteiger partial charge < -0.3 is 5.32 Å². The van der Waals surface area contributed by atoms with E-state index in [1.807, 2.05) is 5.32 Å². The van der Waals surface area contributed by atoms with Gasteiger partial charge in [0.1, 0.15) is 5.84 Å². The van der Waals surface area contributed by atoms with E-state index < -0.39 is 23.7 Å². The maximum atomic E-state index is 14.1. The SMILES string of the molecule is CCCN1C(=O)[C@@](NC(=O)c2ccccc2)(C(F)(F)F)N=C1c1ccccc1. The van der Waals surface area contributed by atoms with Crippen molar-refractivity contribution >= 4 is 17.6 Å². The minimum Gasteiger partial charge on any atom is -0.312 e. The minimum absolute atomic E-state index is 0.00401. The third kappa shape index (κ3) is 3.37. The fourth-order valence-electron chi connectivity index (χ4n) is 2.96. The third-order valence-corrected chi connectivity index (χ3v) is 4.30. The Morgan fingerprint density at radius 2 is 1.64 bits per heavy atom. The molecule has 28 heavy (non-hydrogen) atoms. The average Bonchev–Trinajstić information content (AvgIpc) is 2.97. The second-order valence-corrected chi connectivity index (χ2v) is 6.29. The van der Waals surface area contributed by atoms with Gasteiger partial charge in [0.25, 0.3) is 11.8 Å². The molecule has 3 rings (SSSR count). The van der Waals surface area contributed by atoms with Crippen LogP contribution in [0.4, 0.5) is 13.2 Å². The first-order valence-electron chi connectivity index (χ1n) is 8.71. The number of halogens is 3. The maximum Gasteiger partial charge on any atom is 0.442 e. The smallest absolute Gasteiger partial charge is 0.312 e. The fourth-order valence-corrected chi connectivity index (χ4v) is 2.96. The zero-order valence-electron chi connectivity index (χ0n) is 15.0. The molecule has 0 spiro atoms. The van der Waals surface area contributed by atoms with Crippen molar-refractivity contribution in [3.8, 4) is 0 Å². The predicted octanol–water partition coefficient (Wildman–Crippen LogP) is 3.37. The van der Waals surface area contributed by atoms with Crippen LogP contribution in [0.15, 0.2) is 65.7 Å². The molecule has 1 N–H and O–H groups in total. The minimum atomic E-state index is -5.11. The van der Waals surface area contributed by atoms with Gasteiger partial charge in [-0.25, -0.2) is 4.99 Å². The maximum absolute atomic E-state index is 14.1. The first kappa shape index (κ1) is 19.6. The Morgan fingerprint density at radius 1 is 1.07 bits per heavy atom. The Balaban J connectivity index is 2.10. The highest BCUT2D eigenvalue weighted by atomic mass is 19.4. The Kier molecular flexibility index (Phi) is 5.22. The van der Waals surface area contributed by atoms with E-state index in [4.69, 9.17) is 0 Å². The zero-order valence-corrected chi connectivity index (χ0v) is 15.0. The Morgan fingerprint density at radius 3 is 2.18 bits per heavy atom. The van der Waals surface area contributed by atoms with Gasteiger partial charge in [-0.05, 0) is 18.6 Å². The van der Waals surface area contributed by atoms with E-state index in [2.05, 4.69) is 4.99 Å². The topological polar surface area (TPSA) is 61.8 Å². The number of nitrogens with one attached hydrogen (secondary N) is 1. The van der Waals surface area contributed by atoms with Gasteiger partial charge in [-0.15, -0.1) is 0 Å². The lowest BCUT2D eigenvalue weighted by atomic mass is 10.1. The van der Waals surface area contributed by atoms with E-state index in [1.165, 1.54) is 24.3 Å². The quantitative estimate of drug-likeness (QED) is 0.852. The average molecular weight is 389 g/mol. The van der Waals surface area contributed by atoms with Crippen molar-refractivity contribution in [3.05, 3.63) is 71.8 Å². The molecule has 0 radical (unpaired) electrons. The standard InChI is InChI=1S/C20H18F3N3O2/c1-2-13-26-16(14-9-5-3-6-10-14)24-19(18(26)28,20(21,22)23)25-17(27)15-11-7-4-8-12-15/h3-12H,2,13H2,1H3,(H,25,27)/t19-/m1/s1. The number of amidine groups is 1. The first-order valence-corrected chi connectivity index (χ1v) is 8.71. The summed E-state index contributed by atoms with van der Waals surface area (Å²) in [4.78, 5) is 30.1. The highest BCUT2D eigenvalue weighted by molar-refractivity contribution is 6.16. The van der Waals surface area contributed by atoms with Crippen LogP contribution >= 0.6 is 0 Å². The number of aliphatic imine (C=N–C) groups is 1. The molecule has 1 aliphatic rings. The molecule has 0 aliphatic carbocycles. The van der Waals surface area contributed by atoms with Crippen LogP contribution in [0.25, 0.3) is 0 Å². The summed E-state index contributed by atoms with van der Waals surface area (Å²) in [6, 6.07) is 15.5. The van der Waals surface area contributed by atoms with E-state index >= 15 is 0 Å². The highest BCUT2D eigenvalue weighted by Gasteiger charge is 2.67. The molecule has 0 unspecified atom stereocenters. The van der Waals surface area contributed by atoms with Gasteiger partial charge >= 0.3 is 11.8 Å². The Bertz CT molecular complexity index is 898. The van der Waals surface area contributed by atoms with Crippen molar-refractivity contribution in [3.63, 3.8) is 0 Å². The number of carbonyl (C=O) groups excluding carboxylic acids is 2. The number of rotatable bonds is 5. The van der Waals surface area contributed by atoms with Crippen molar-refractivity contribution in [2.45, 2.75) is 25.2 Å². The van der Waals surface area contributed by atoms with Crippen LogP contribution in [0.5, 0.6) is 0 Å². The fraction of sp³-hybridized carbons (Fsp3) is 0.250. The molecule has 0 aromatic heterocycles. The number of hydrogen-bond acceptors (Lipinski definition) is 3. The van der Waals surface area contributed by atoms with E-state index in [1.54, 1.807) is 43.3 Å². The molecular formula is C20H18F3N3O2. The van der Waals surface area contributed by atoms with E-state index in [9.17, 15) is 22.8 Å². The summed E-state index contributed by atoms with van der Waals surface area (Å²) in [5.41, 5.74) is -2.99. The van der Waals surface area contributed by atoms with Crippen LogP contribution in [0.2, 0.25) is 0 Å². The number of alkyl halides is 3. The van der Waals surface area contributed by atoms with Gasteiger partial charge in [-0.2, -0.15) is 13.2 Å². The van der Waals surface area contributed by atoms with Crippen molar-refractivity contribution < 1.29 is 22.8 Å². The number of benzene rings is 2. The van der Waals surface area contributed by atoms with Crippen molar-refractivity contribution in [1.82, 2.24) is 10.2 Å². The van der Waals surface area contributed by atoms with E-state index in [-0.39, 0.29) is 17.9 Å². The normalized spacial score (nSPS) is 19.5. The van der Waals surface area contributed by atoms with Crippen molar-refractivity contribution in [2.75, 3.05) is 6.54 Å². The number of hydrogen-bond donors (Lipinski definition) is 1. The van der Waals surface area contributed by atoms with Gasteiger partial charge in [0.05, 0.1) is 0 Å². The summed E-state index contributed by atoms with van der Waals surface area (Å²) in [5.74, 6) is -2.45. The molecule has 146 valence electrons. The Labute approximate surface area is 159 Å². The lowest BCUT2D eigenvalue weighted by Gasteiger charge is -2.29. The highest BCUT2D eigenvalue weighted by Crippen LogP contribution is 2.38. The van der Waals surface area contributed by atoms with Gasteiger partial charge in [0.2, 0.25) is 0 Å². The molecule has 0 fully saturated rings. The summed E-state index contributed by atoms with van der Waals surface area (Å²) in [7, 11) is 0. The van der Waals surface area contributed by atoms with Gasteiger partial charge in [0.15, 0.2) is 0 Å². The Hall–Kier alpha value is -3.16. The summed E-state index contributed by atoms with van der Waals surface area (Å²) in [6.45, 7) is 1.79. The molecule has 0 bridgehead atoms. The molecular weight excluding hydrogens is 371 g/mol. The molecule has 2 amide bonds. The third-order valence-electron chi connectivity index (χ3n) is 4.30. The molecule has 0 saturated heterocycles. The van der Waals surface area contributed by atoms with E-state index in [0.29, 0.717) is 12.0 Å². The van der Waals surface area contributed by atoms with Gasteiger partial charge in [-0.3, -0.25) is 14.5 Å². The summed E-state index contributed by atoms with van der Waals surface area (Å²) in [6.07, 6.45) is -4.69. The number of carbonyl (C=O) groups is 2. The molecule has 2 aromatic carbocycles. The van der Waals surface area contributed by atoms with Crippen molar-refractivity contribution in [1.29, 1.82) is 0 Å². The summed E-state index contributed by atoms with van der Waals surface area (Å²) >= 11 is 0. The molecule has 1 heterocycles. The monoisotopic (exact) mass is 389 g/mol. The number of amides is 2. The van der Waals surface area contributed by atoms with Crippen LogP contribution < -0.4 is 5.32 Å². The van der Waals surface area contributed by atoms with Crippen LogP contribution in [0.3, 0.4) is 0 Å². The molecule has 0 saturated carbocycles. The van der Waals surface area contributed by atoms with Crippen LogP contribution in [0, 0.1) is 0 Å². The zero-order chi connectivity index (χ0) is 20.4. The van der Waals surface area contributed by atoms with Crippen LogP contribution in [-0.4, -0.2) is 40.9 Å². The lowest BCUT2D eigenvalue weighted by Crippen LogP contribution is -2.63. The van der Waals surface area contributed by atoms with E-state index in [0.717, 1.165) is 4.90 Å². The van der Waals surface area contributed by atoms with Gasteiger partial charge in [-0.1, -0.05) is 55.5 Å². The summed E-state index contributed by atoms with van der Waals surface area (Å²) < 4.78 is 42.2. The molecule has 5 nitrogen and oxygen atoms in total. The second kappa shape index (κ2) is 7.46. The first-order chi connectivity index (χ1) is 13.3. The second-order valence-electron chi connectivity index (χ2n) is 6.29. The van der Waals surface area contributed by atoms with Gasteiger partial charge in [0, 0.05) is 17.7 Å². The molecule has 2 aromatic rings. The predicted molar refractivity (Wildman–Crippen MR) is 97.7 cm³/mol. The van der Waals surface area contributed by atoms with Crippen LogP contribution in [0.1, 0.15) is 29.3 Å².